The summed E-state index contributed by atoms with van der Waals surface area (Å²) in [5.41, 5.74) is 0.812. The number of nitrogens with zero attached hydrogens (tertiary/aromatic N) is 4. The molecule has 150 valence electrons. The summed E-state index contributed by atoms with van der Waals surface area (Å²) in [6, 6.07) is 3.79. The maximum Gasteiger partial charge on any atom is 0.303 e. The maximum atomic E-state index is 12.3. The lowest BCUT2D eigenvalue weighted by Crippen LogP contribution is -2.54. The molecule has 0 aromatic carbocycles. The SMILES string of the molecule is CN(C[C@@]1(O)CCCN(c2ccnc3ccncc23)C1)C(=O)CCCC(=O)O. The summed E-state index contributed by atoms with van der Waals surface area (Å²) < 4.78 is 0. The lowest BCUT2D eigenvalue weighted by molar-refractivity contribution is -0.137. The Bertz CT molecular complexity index is 854. The molecule has 0 bridgehead atoms. The van der Waals surface area contributed by atoms with E-state index in [0.717, 1.165) is 29.6 Å². The third kappa shape index (κ3) is 4.75. The molecular weight excluding hydrogens is 360 g/mol. The van der Waals surface area contributed by atoms with E-state index in [1.165, 1.54) is 4.90 Å². The Morgan fingerprint density at radius 1 is 1.29 bits per heavy atom. The van der Waals surface area contributed by atoms with E-state index < -0.39 is 11.6 Å². The second-order valence-corrected chi connectivity index (χ2v) is 7.47. The van der Waals surface area contributed by atoms with Crippen LogP contribution in [0.5, 0.6) is 0 Å². The van der Waals surface area contributed by atoms with Gasteiger partial charge in [0.05, 0.1) is 17.7 Å². The summed E-state index contributed by atoms with van der Waals surface area (Å²) in [6.07, 6.45) is 7.10. The van der Waals surface area contributed by atoms with Gasteiger partial charge in [0.15, 0.2) is 0 Å². The first kappa shape index (κ1) is 20.0. The lowest BCUT2D eigenvalue weighted by Gasteiger charge is -2.42. The highest BCUT2D eigenvalue weighted by Crippen LogP contribution is 2.30. The number of pyridine rings is 2. The predicted octanol–water partition coefficient (Wildman–Crippen LogP) is 1.67. The summed E-state index contributed by atoms with van der Waals surface area (Å²) >= 11 is 0. The fourth-order valence-corrected chi connectivity index (χ4v) is 3.81. The van der Waals surface area contributed by atoms with E-state index in [1.807, 2.05) is 12.1 Å². The third-order valence-electron chi connectivity index (χ3n) is 5.15. The topological polar surface area (TPSA) is 107 Å². The Labute approximate surface area is 163 Å². The number of aliphatic hydroxyl groups is 1. The van der Waals surface area contributed by atoms with Gasteiger partial charge in [-0.3, -0.25) is 19.6 Å². The molecule has 0 aliphatic carbocycles. The van der Waals surface area contributed by atoms with Gasteiger partial charge in [0.1, 0.15) is 0 Å². The van der Waals surface area contributed by atoms with Crippen molar-refractivity contribution in [1.29, 1.82) is 0 Å². The summed E-state index contributed by atoms with van der Waals surface area (Å²) in [5.74, 6) is -1.05. The number of piperidine rings is 1. The number of aliphatic carboxylic acids is 1. The van der Waals surface area contributed by atoms with Crippen molar-refractivity contribution in [2.45, 2.75) is 37.7 Å². The number of carboxylic acids is 1. The van der Waals surface area contributed by atoms with Crippen molar-refractivity contribution in [2.24, 2.45) is 0 Å². The van der Waals surface area contributed by atoms with Crippen LogP contribution in [0.1, 0.15) is 32.1 Å². The fourth-order valence-electron chi connectivity index (χ4n) is 3.81. The molecule has 28 heavy (non-hydrogen) atoms. The zero-order chi connectivity index (χ0) is 20.1. The number of carbonyl (C=O) groups is 2. The van der Waals surface area contributed by atoms with E-state index in [-0.39, 0.29) is 25.3 Å². The van der Waals surface area contributed by atoms with Crippen LogP contribution in [0, 0.1) is 0 Å². The third-order valence-corrected chi connectivity index (χ3v) is 5.15. The minimum absolute atomic E-state index is 0.0270. The number of carboxylic acid groups (broad SMARTS) is 1. The number of likely N-dealkylation sites (N-methyl/N-ethyl adjacent to an activating group) is 1. The minimum Gasteiger partial charge on any atom is -0.481 e. The van der Waals surface area contributed by atoms with Crippen molar-refractivity contribution < 1.29 is 19.8 Å². The standard InChI is InChI=1S/C20H26N4O4/c1-23(18(25)4-2-5-19(26)27)13-20(28)8-3-11-24(14-20)17-7-10-22-16-6-9-21-12-15(16)17/h6-7,9-10,12,28H,2-5,8,11,13-14H2,1H3,(H,26,27)/t20-/m0/s1. The van der Waals surface area contributed by atoms with Gasteiger partial charge in [0.25, 0.3) is 0 Å². The van der Waals surface area contributed by atoms with Crippen LogP contribution < -0.4 is 4.90 Å². The lowest BCUT2D eigenvalue weighted by atomic mass is 9.91. The van der Waals surface area contributed by atoms with E-state index in [4.69, 9.17) is 5.11 Å². The van der Waals surface area contributed by atoms with Gasteiger partial charge < -0.3 is 20.0 Å². The first-order valence-corrected chi connectivity index (χ1v) is 9.50. The van der Waals surface area contributed by atoms with Gasteiger partial charge in [-0.25, -0.2) is 0 Å². The molecule has 2 aromatic rings. The van der Waals surface area contributed by atoms with Gasteiger partial charge in [-0.15, -0.1) is 0 Å². The van der Waals surface area contributed by atoms with Gasteiger partial charge in [-0.2, -0.15) is 0 Å². The monoisotopic (exact) mass is 386 g/mol. The molecule has 0 spiro atoms. The first-order valence-electron chi connectivity index (χ1n) is 9.50. The summed E-state index contributed by atoms with van der Waals surface area (Å²) in [6.45, 7) is 1.44. The van der Waals surface area contributed by atoms with Crippen LogP contribution in [0.2, 0.25) is 0 Å². The molecular formula is C20H26N4O4. The smallest absolute Gasteiger partial charge is 0.303 e. The van der Waals surface area contributed by atoms with Crippen molar-refractivity contribution in [2.75, 3.05) is 31.6 Å². The number of rotatable bonds is 7. The number of anilines is 1. The maximum absolute atomic E-state index is 12.3. The highest BCUT2D eigenvalue weighted by Gasteiger charge is 2.35. The van der Waals surface area contributed by atoms with Crippen molar-refractivity contribution in [1.82, 2.24) is 14.9 Å². The molecule has 1 aliphatic heterocycles. The second kappa shape index (κ2) is 8.52. The molecule has 1 amide bonds. The number of hydrogen-bond donors (Lipinski definition) is 2. The van der Waals surface area contributed by atoms with Crippen molar-refractivity contribution in [3.63, 3.8) is 0 Å². The van der Waals surface area contributed by atoms with E-state index in [2.05, 4.69) is 14.9 Å². The number of amides is 1. The van der Waals surface area contributed by atoms with Gasteiger partial charge in [0, 0.05) is 62.6 Å². The Kier molecular flexibility index (Phi) is 6.08. The van der Waals surface area contributed by atoms with Gasteiger partial charge in [0.2, 0.25) is 5.91 Å². The van der Waals surface area contributed by atoms with Gasteiger partial charge >= 0.3 is 5.97 Å². The average molecular weight is 386 g/mol. The molecule has 3 heterocycles. The Balaban J connectivity index is 1.67. The number of β-amino-alcohol motifs (C(OH)–C–C–N with tert-alkyl or cyclic N) is 1. The van der Waals surface area contributed by atoms with Crippen LogP contribution in [0.15, 0.2) is 30.7 Å². The molecule has 1 fully saturated rings. The molecule has 1 atom stereocenters. The van der Waals surface area contributed by atoms with Gasteiger partial charge in [-0.05, 0) is 31.4 Å². The molecule has 2 N–H and O–H groups in total. The number of hydrogen-bond acceptors (Lipinski definition) is 6. The normalized spacial score (nSPS) is 19.6. The number of aromatic nitrogens is 2. The first-order chi connectivity index (χ1) is 13.4. The molecule has 1 saturated heterocycles. The molecule has 3 rings (SSSR count). The molecule has 1 aliphatic rings. The van der Waals surface area contributed by atoms with Crippen molar-refractivity contribution in [3.05, 3.63) is 30.7 Å². The molecule has 8 nitrogen and oxygen atoms in total. The summed E-state index contributed by atoms with van der Waals surface area (Å²) in [7, 11) is 1.66. The van der Waals surface area contributed by atoms with E-state index >= 15 is 0 Å². The molecule has 0 saturated carbocycles. The van der Waals surface area contributed by atoms with Crippen LogP contribution in [-0.4, -0.2) is 69.2 Å². The Hall–Kier alpha value is -2.74. The number of fused-ring (bicyclic) bond motifs is 1. The second-order valence-electron chi connectivity index (χ2n) is 7.47. The molecule has 8 heteroatoms. The zero-order valence-corrected chi connectivity index (χ0v) is 16.0. The highest BCUT2D eigenvalue weighted by molar-refractivity contribution is 5.90. The largest absolute Gasteiger partial charge is 0.481 e. The quantitative estimate of drug-likeness (QED) is 0.745. The zero-order valence-electron chi connectivity index (χ0n) is 16.0. The van der Waals surface area contributed by atoms with Crippen LogP contribution in [0.25, 0.3) is 10.9 Å². The average Bonchev–Trinajstić information content (AvgIpc) is 2.66. The molecule has 0 unspecified atom stereocenters. The van der Waals surface area contributed by atoms with Crippen LogP contribution in [-0.2, 0) is 9.59 Å². The Morgan fingerprint density at radius 2 is 2.11 bits per heavy atom. The summed E-state index contributed by atoms with van der Waals surface area (Å²) in [4.78, 5) is 35.1. The van der Waals surface area contributed by atoms with Crippen LogP contribution in [0.3, 0.4) is 0 Å². The van der Waals surface area contributed by atoms with Crippen LogP contribution in [0.4, 0.5) is 5.69 Å². The van der Waals surface area contributed by atoms with E-state index in [0.29, 0.717) is 19.4 Å². The van der Waals surface area contributed by atoms with Crippen molar-refractivity contribution in [3.8, 4) is 0 Å². The Morgan fingerprint density at radius 3 is 2.89 bits per heavy atom. The molecule has 0 radical (unpaired) electrons. The predicted molar refractivity (Wildman–Crippen MR) is 105 cm³/mol. The van der Waals surface area contributed by atoms with Crippen molar-refractivity contribution >= 4 is 28.5 Å². The van der Waals surface area contributed by atoms with E-state index in [1.54, 1.807) is 25.6 Å². The summed E-state index contributed by atoms with van der Waals surface area (Å²) in [5, 5.41) is 20.8. The highest BCUT2D eigenvalue weighted by atomic mass is 16.4. The number of carbonyl (C=O) groups excluding carboxylic acids is 1. The van der Waals surface area contributed by atoms with Crippen LogP contribution >= 0.6 is 0 Å². The fraction of sp³-hybridized carbons (Fsp3) is 0.500. The van der Waals surface area contributed by atoms with Gasteiger partial charge in [-0.1, -0.05) is 0 Å². The van der Waals surface area contributed by atoms with E-state index in [9.17, 15) is 14.7 Å². The molecule has 2 aromatic heterocycles. The minimum atomic E-state index is -1.02.